The number of anilines is 2. The van der Waals surface area contributed by atoms with Crippen molar-refractivity contribution in [3.05, 3.63) is 52.0 Å². The molecule has 43 heavy (non-hydrogen) atoms. The van der Waals surface area contributed by atoms with E-state index in [0.29, 0.717) is 17.2 Å². The number of rotatable bonds is 8. The fourth-order valence-corrected chi connectivity index (χ4v) is 5.44. The molecule has 4 aromatic heterocycles. The van der Waals surface area contributed by atoms with Gasteiger partial charge in [0.25, 0.3) is 11.5 Å². The molecule has 1 fully saturated rings. The number of aromatic nitrogens is 8. The number of hydrogen-bond donors (Lipinski definition) is 1. The van der Waals surface area contributed by atoms with E-state index in [4.69, 9.17) is 4.52 Å². The molecule has 1 aliphatic rings. The molecule has 0 radical (unpaired) electrons. The summed E-state index contributed by atoms with van der Waals surface area (Å²) in [5, 5.41) is 0. The standard InChI is InChI=1S/C26H33N10O6P/c1-16(34-14-30-21-20(34)23(38)33(5)25(39)32(21)4)22(37)35(15-42-43(6,40)41)19-13-27-12-18(31-19)17-10-28-24(29-11-17)36-9-7-8-26(36,2)3/h10-14,16H,7-9,15H2,1-6H3,(H,40,41)/t16-/m0/s1. The van der Waals surface area contributed by atoms with Crippen molar-refractivity contribution in [3.8, 4) is 11.3 Å². The van der Waals surface area contributed by atoms with Gasteiger partial charge in [0.15, 0.2) is 17.0 Å². The Hall–Kier alpha value is -4.27. The average Bonchev–Trinajstić information content (AvgIpc) is 3.57. The highest BCUT2D eigenvalue weighted by atomic mass is 31.2. The predicted molar refractivity (Wildman–Crippen MR) is 158 cm³/mol. The van der Waals surface area contributed by atoms with Crippen molar-refractivity contribution < 1.29 is 18.8 Å². The summed E-state index contributed by atoms with van der Waals surface area (Å²) in [4.78, 5) is 74.3. The van der Waals surface area contributed by atoms with E-state index in [1.807, 2.05) is 0 Å². The van der Waals surface area contributed by atoms with Crippen molar-refractivity contribution in [3.63, 3.8) is 0 Å². The molecule has 0 spiro atoms. The summed E-state index contributed by atoms with van der Waals surface area (Å²) in [6, 6.07) is -1.06. The lowest BCUT2D eigenvalue weighted by Crippen LogP contribution is -2.40. The lowest BCUT2D eigenvalue weighted by atomic mass is 10.0. The smallest absolute Gasteiger partial charge is 0.332 e. The zero-order chi connectivity index (χ0) is 31.3. The van der Waals surface area contributed by atoms with Crippen LogP contribution in [0.1, 0.15) is 39.7 Å². The number of hydrogen-bond acceptors (Lipinski definition) is 11. The molecule has 17 heteroatoms. The second-order valence-electron chi connectivity index (χ2n) is 11.1. The van der Waals surface area contributed by atoms with Crippen molar-refractivity contribution in [1.82, 2.24) is 38.6 Å². The topological polar surface area (TPSA) is 183 Å². The van der Waals surface area contributed by atoms with E-state index in [9.17, 15) is 23.8 Å². The third-order valence-electron chi connectivity index (χ3n) is 7.62. The van der Waals surface area contributed by atoms with Crippen molar-refractivity contribution in [2.24, 2.45) is 14.1 Å². The van der Waals surface area contributed by atoms with Crippen molar-refractivity contribution in [2.45, 2.75) is 45.2 Å². The number of aryl methyl sites for hydroxylation is 1. The number of fused-ring (bicyclic) bond motifs is 1. The Morgan fingerprint density at radius 3 is 2.47 bits per heavy atom. The van der Waals surface area contributed by atoms with Gasteiger partial charge in [0.1, 0.15) is 12.8 Å². The average molecular weight is 613 g/mol. The van der Waals surface area contributed by atoms with Crippen LogP contribution in [-0.4, -0.2) is 74.9 Å². The highest BCUT2D eigenvalue weighted by Crippen LogP contribution is 2.37. The molecular formula is C26H33N10O6P. The molecule has 5 rings (SSSR count). The predicted octanol–water partition coefficient (Wildman–Crippen LogP) is 1.44. The third-order valence-corrected chi connectivity index (χ3v) is 8.21. The van der Waals surface area contributed by atoms with Crippen LogP contribution in [-0.2, 0) is 28.0 Å². The van der Waals surface area contributed by atoms with E-state index in [0.717, 1.165) is 35.5 Å². The fourth-order valence-electron chi connectivity index (χ4n) is 5.11. The van der Waals surface area contributed by atoms with Gasteiger partial charge in [-0.2, -0.15) is 0 Å². The molecule has 4 aromatic rings. The van der Waals surface area contributed by atoms with Crippen LogP contribution in [0.3, 0.4) is 0 Å². The minimum Gasteiger partial charge on any atom is -0.336 e. The highest BCUT2D eigenvalue weighted by molar-refractivity contribution is 7.51. The summed E-state index contributed by atoms with van der Waals surface area (Å²) in [5.41, 5.74) is -0.204. The monoisotopic (exact) mass is 612 g/mol. The molecule has 0 bridgehead atoms. The highest BCUT2D eigenvalue weighted by Gasteiger charge is 2.34. The number of imidazole rings is 1. The SMILES string of the molecule is C[C@@H](C(=O)N(COP(C)(=O)O)c1cncc(-c2cnc(N3CCCC3(C)C)nc2)n1)n1cnc2c1c(=O)n(C)c(=O)n2C. The Balaban J connectivity index is 1.50. The molecule has 1 saturated heterocycles. The van der Waals surface area contributed by atoms with Gasteiger partial charge in [0.05, 0.1) is 24.4 Å². The van der Waals surface area contributed by atoms with Gasteiger partial charge in [-0.25, -0.2) is 24.7 Å². The number of amides is 1. The van der Waals surface area contributed by atoms with E-state index in [1.165, 1.54) is 48.9 Å². The first-order chi connectivity index (χ1) is 20.2. The Morgan fingerprint density at radius 2 is 1.84 bits per heavy atom. The molecular weight excluding hydrogens is 579 g/mol. The summed E-state index contributed by atoms with van der Waals surface area (Å²) >= 11 is 0. The van der Waals surface area contributed by atoms with Crippen LogP contribution >= 0.6 is 7.60 Å². The summed E-state index contributed by atoms with van der Waals surface area (Å²) in [7, 11) is -1.21. The van der Waals surface area contributed by atoms with E-state index >= 15 is 0 Å². The Morgan fingerprint density at radius 1 is 1.14 bits per heavy atom. The van der Waals surface area contributed by atoms with Gasteiger partial charge in [-0.15, -0.1) is 0 Å². The number of carbonyl (C=O) groups is 1. The molecule has 1 unspecified atom stereocenters. The summed E-state index contributed by atoms with van der Waals surface area (Å²) in [5.74, 6) is -0.0116. The maximum atomic E-state index is 13.9. The molecule has 16 nitrogen and oxygen atoms in total. The van der Waals surface area contributed by atoms with Gasteiger partial charge in [0.2, 0.25) is 5.95 Å². The molecule has 228 valence electrons. The number of carbonyl (C=O) groups excluding carboxylic acids is 1. The lowest BCUT2D eigenvalue weighted by molar-refractivity contribution is -0.121. The van der Waals surface area contributed by atoms with Gasteiger partial charge in [-0.3, -0.25) is 37.7 Å². The van der Waals surface area contributed by atoms with Crippen LogP contribution in [0.2, 0.25) is 0 Å². The van der Waals surface area contributed by atoms with Crippen LogP contribution in [0.25, 0.3) is 22.4 Å². The molecule has 2 atom stereocenters. The maximum Gasteiger partial charge on any atom is 0.332 e. The van der Waals surface area contributed by atoms with Crippen LogP contribution in [0.5, 0.6) is 0 Å². The summed E-state index contributed by atoms with van der Waals surface area (Å²) < 4.78 is 20.6. The first kappa shape index (κ1) is 30.2. The zero-order valence-electron chi connectivity index (χ0n) is 24.7. The second kappa shape index (κ2) is 11.1. The summed E-state index contributed by atoms with van der Waals surface area (Å²) in [6.45, 7) is 7.04. The van der Waals surface area contributed by atoms with Crippen molar-refractivity contribution in [1.29, 1.82) is 0 Å². The van der Waals surface area contributed by atoms with Gasteiger partial charge in [0, 0.05) is 50.8 Å². The van der Waals surface area contributed by atoms with Gasteiger partial charge in [-0.05, 0) is 33.6 Å². The second-order valence-corrected chi connectivity index (χ2v) is 13.0. The van der Waals surface area contributed by atoms with Gasteiger partial charge in [-0.1, -0.05) is 0 Å². The Labute approximate surface area is 246 Å². The lowest BCUT2D eigenvalue weighted by Gasteiger charge is -2.31. The first-order valence-corrected chi connectivity index (χ1v) is 15.5. The minimum absolute atomic E-state index is 0.0253. The third kappa shape index (κ3) is 5.72. The largest absolute Gasteiger partial charge is 0.336 e. The van der Waals surface area contributed by atoms with E-state index in [-0.39, 0.29) is 22.5 Å². The zero-order valence-corrected chi connectivity index (χ0v) is 25.6. The van der Waals surface area contributed by atoms with Crippen molar-refractivity contribution in [2.75, 3.05) is 29.7 Å². The molecule has 5 heterocycles. The first-order valence-electron chi connectivity index (χ1n) is 13.5. The van der Waals surface area contributed by atoms with Crippen molar-refractivity contribution >= 4 is 36.4 Å². The van der Waals surface area contributed by atoms with Crippen LogP contribution in [0, 0.1) is 0 Å². The number of nitrogens with zero attached hydrogens (tertiary/aromatic N) is 10. The van der Waals surface area contributed by atoms with E-state index in [1.54, 1.807) is 12.4 Å². The Kier molecular flexibility index (Phi) is 7.79. The molecule has 0 aromatic carbocycles. The van der Waals surface area contributed by atoms with Crippen LogP contribution in [0.15, 0.2) is 40.7 Å². The quantitative estimate of drug-likeness (QED) is 0.224. The van der Waals surface area contributed by atoms with Crippen LogP contribution < -0.4 is 21.0 Å². The van der Waals surface area contributed by atoms with Gasteiger partial charge < -0.3 is 14.4 Å². The fraction of sp³-hybridized carbons (Fsp3) is 0.462. The Bertz CT molecular complexity index is 1860. The molecule has 0 saturated carbocycles. The van der Waals surface area contributed by atoms with Gasteiger partial charge >= 0.3 is 13.3 Å². The summed E-state index contributed by atoms with van der Waals surface area (Å²) in [6.07, 6.45) is 9.42. The van der Waals surface area contributed by atoms with E-state index in [2.05, 4.69) is 43.7 Å². The molecule has 1 N–H and O–H groups in total. The molecule has 1 aliphatic heterocycles. The normalized spacial score (nSPS) is 16.8. The van der Waals surface area contributed by atoms with E-state index < -0.39 is 37.5 Å². The molecule has 0 aliphatic carbocycles. The minimum atomic E-state index is -4.01. The van der Waals surface area contributed by atoms with Crippen LogP contribution in [0.4, 0.5) is 11.8 Å². The molecule has 1 amide bonds. The maximum absolute atomic E-state index is 13.9.